The fraction of sp³-hybridized carbons (Fsp3) is 0.700. The van der Waals surface area contributed by atoms with Crippen LogP contribution < -0.4 is 5.32 Å². The Bertz CT molecular complexity index is 191. The summed E-state index contributed by atoms with van der Waals surface area (Å²) in [6, 6.07) is 0.450. The lowest BCUT2D eigenvalue weighted by molar-refractivity contribution is -0.126. The van der Waals surface area contributed by atoms with Crippen LogP contribution in [0, 0.1) is 0 Å². The average molecular weight is 182 g/mol. The lowest BCUT2D eigenvalue weighted by atomic mass is 10.1. The maximum Gasteiger partial charge on any atom is 0.246 e. The van der Waals surface area contributed by atoms with Crippen molar-refractivity contribution in [2.75, 3.05) is 20.1 Å². The van der Waals surface area contributed by atoms with Crippen LogP contribution in [-0.4, -0.2) is 37.0 Å². The van der Waals surface area contributed by atoms with Crippen molar-refractivity contribution in [2.24, 2.45) is 0 Å². The number of likely N-dealkylation sites (tertiary alicyclic amines) is 1. The van der Waals surface area contributed by atoms with Crippen LogP contribution in [0.1, 0.15) is 19.3 Å². The highest BCUT2D eigenvalue weighted by atomic mass is 16.2. The van der Waals surface area contributed by atoms with E-state index in [9.17, 15) is 4.79 Å². The zero-order valence-corrected chi connectivity index (χ0v) is 8.25. The van der Waals surface area contributed by atoms with Crippen LogP contribution in [0.2, 0.25) is 0 Å². The molecule has 1 aliphatic rings. The summed E-state index contributed by atoms with van der Waals surface area (Å²) in [7, 11) is 1.95. The number of nitrogens with zero attached hydrogens (tertiary/aromatic N) is 1. The van der Waals surface area contributed by atoms with Crippen LogP contribution in [-0.2, 0) is 4.79 Å². The van der Waals surface area contributed by atoms with Gasteiger partial charge in [0.1, 0.15) is 0 Å². The van der Waals surface area contributed by atoms with E-state index in [1.165, 1.54) is 12.5 Å². The SMILES string of the molecule is C=CC(=O)N1CCCC[C@H](NC)C1. The Balaban J connectivity index is 2.53. The van der Waals surface area contributed by atoms with Crippen LogP contribution in [0.25, 0.3) is 0 Å². The first-order valence-electron chi connectivity index (χ1n) is 4.86. The minimum absolute atomic E-state index is 0.0575. The summed E-state index contributed by atoms with van der Waals surface area (Å²) >= 11 is 0. The maximum atomic E-state index is 11.4. The molecule has 0 aromatic carbocycles. The molecule has 1 fully saturated rings. The van der Waals surface area contributed by atoms with Gasteiger partial charge in [0.05, 0.1) is 0 Å². The molecule has 1 rings (SSSR count). The predicted octanol–water partition coefficient (Wildman–Crippen LogP) is 0.773. The number of likely N-dealkylation sites (N-methyl/N-ethyl adjacent to an activating group) is 1. The fourth-order valence-corrected chi connectivity index (χ4v) is 1.71. The first-order valence-corrected chi connectivity index (χ1v) is 4.86. The molecular weight excluding hydrogens is 164 g/mol. The van der Waals surface area contributed by atoms with Crippen LogP contribution in [0.5, 0.6) is 0 Å². The van der Waals surface area contributed by atoms with Crippen molar-refractivity contribution in [3.63, 3.8) is 0 Å². The molecule has 3 nitrogen and oxygen atoms in total. The summed E-state index contributed by atoms with van der Waals surface area (Å²) in [5.74, 6) is 0.0575. The number of amides is 1. The van der Waals surface area contributed by atoms with E-state index in [4.69, 9.17) is 0 Å². The third-order valence-electron chi connectivity index (χ3n) is 2.57. The predicted molar refractivity (Wildman–Crippen MR) is 53.5 cm³/mol. The van der Waals surface area contributed by atoms with Crippen LogP contribution >= 0.6 is 0 Å². The van der Waals surface area contributed by atoms with Gasteiger partial charge in [-0.2, -0.15) is 0 Å². The molecule has 1 atom stereocenters. The molecule has 0 aromatic rings. The summed E-state index contributed by atoms with van der Waals surface area (Å²) in [5, 5.41) is 3.22. The first kappa shape index (κ1) is 10.3. The molecule has 0 aliphatic carbocycles. The molecular formula is C10H18N2O. The van der Waals surface area contributed by atoms with E-state index in [0.717, 1.165) is 25.9 Å². The largest absolute Gasteiger partial charge is 0.338 e. The number of hydrogen-bond donors (Lipinski definition) is 1. The topological polar surface area (TPSA) is 32.3 Å². The molecule has 0 spiro atoms. The van der Waals surface area contributed by atoms with Gasteiger partial charge in [-0.05, 0) is 26.0 Å². The van der Waals surface area contributed by atoms with E-state index in [1.807, 2.05) is 11.9 Å². The van der Waals surface area contributed by atoms with Gasteiger partial charge in [0.15, 0.2) is 0 Å². The summed E-state index contributed by atoms with van der Waals surface area (Å²) in [6.45, 7) is 5.20. The van der Waals surface area contributed by atoms with Gasteiger partial charge in [0, 0.05) is 19.1 Å². The number of carbonyl (C=O) groups excluding carboxylic acids is 1. The second-order valence-corrected chi connectivity index (χ2v) is 3.47. The Labute approximate surface area is 79.8 Å². The quantitative estimate of drug-likeness (QED) is 0.640. The van der Waals surface area contributed by atoms with Crippen molar-refractivity contribution in [3.05, 3.63) is 12.7 Å². The van der Waals surface area contributed by atoms with Crippen molar-refractivity contribution in [1.29, 1.82) is 0 Å². The molecule has 1 saturated heterocycles. The van der Waals surface area contributed by atoms with Gasteiger partial charge in [-0.3, -0.25) is 4.79 Å². The molecule has 74 valence electrons. The van der Waals surface area contributed by atoms with Gasteiger partial charge in [0.25, 0.3) is 0 Å². The highest BCUT2D eigenvalue weighted by molar-refractivity contribution is 5.87. The number of rotatable bonds is 2. The van der Waals surface area contributed by atoms with Gasteiger partial charge in [-0.25, -0.2) is 0 Å². The molecule has 1 N–H and O–H groups in total. The minimum atomic E-state index is 0.0575. The van der Waals surface area contributed by atoms with Crippen LogP contribution in [0.15, 0.2) is 12.7 Å². The zero-order chi connectivity index (χ0) is 9.68. The maximum absolute atomic E-state index is 11.4. The van der Waals surface area contributed by atoms with Gasteiger partial charge < -0.3 is 10.2 Å². The molecule has 1 amide bonds. The molecule has 0 saturated carbocycles. The van der Waals surface area contributed by atoms with Crippen molar-refractivity contribution in [3.8, 4) is 0 Å². The Morgan fingerprint density at radius 3 is 3.00 bits per heavy atom. The summed E-state index contributed by atoms with van der Waals surface area (Å²) < 4.78 is 0. The van der Waals surface area contributed by atoms with E-state index in [0.29, 0.717) is 6.04 Å². The molecule has 0 aromatic heterocycles. The Morgan fingerprint density at radius 2 is 2.38 bits per heavy atom. The Morgan fingerprint density at radius 1 is 1.62 bits per heavy atom. The van der Waals surface area contributed by atoms with Crippen molar-refractivity contribution >= 4 is 5.91 Å². The minimum Gasteiger partial charge on any atom is -0.338 e. The molecule has 0 radical (unpaired) electrons. The van der Waals surface area contributed by atoms with Crippen molar-refractivity contribution in [1.82, 2.24) is 10.2 Å². The van der Waals surface area contributed by atoms with Gasteiger partial charge in [0.2, 0.25) is 5.91 Å². The van der Waals surface area contributed by atoms with E-state index in [-0.39, 0.29) is 5.91 Å². The van der Waals surface area contributed by atoms with Gasteiger partial charge in [-0.15, -0.1) is 0 Å². The standard InChI is InChI=1S/C10H18N2O/c1-3-10(13)12-7-5-4-6-9(8-12)11-2/h3,9,11H,1,4-8H2,2H3/t9-/m0/s1. The van der Waals surface area contributed by atoms with E-state index >= 15 is 0 Å². The molecule has 3 heteroatoms. The molecule has 0 unspecified atom stereocenters. The lowest BCUT2D eigenvalue weighted by Gasteiger charge is -2.22. The molecule has 1 aliphatic heterocycles. The highest BCUT2D eigenvalue weighted by Gasteiger charge is 2.18. The molecule has 13 heavy (non-hydrogen) atoms. The number of hydrogen-bond acceptors (Lipinski definition) is 2. The Kier molecular flexibility index (Phi) is 3.96. The van der Waals surface area contributed by atoms with Crippen LogP contribution in [0.3, 0.4) is 0 Å². The third-order valence-corrected chi connectivity index (χ3v) is 2.57. The zero-order valence-electron chi connectivity index (χ0n) is 8.25. The third kappa shape index (κ3) is 2.84. The normalized spacial score (nSPS) is 23.8. The second kappa shape index (κ2) is 5.02. The summed E-state index contributed by atoms with van der Waals surface area (Å²) in [4.78, 5) is 13.2. The number of nitrogens with one attached hydrogen (secondary N) is 1. The Hall–Kier alpha value is -0.830. The van der Waals surface area contributed by atoms with Crippen molar-refractivity contribution < 1.29 is 4.79 Å². The monoisotopic (exact) mass is 182 g/mol. The fourth-order valence-electron chi connectivity index (χ4n) is 1.71. The van der Waals surface area contributed by atoms with E-state index in [2.05, 4.69) is 11.9 Å². The van der Waals surface area contributed by atoms with E-state index in [1.54, 1.807) is 0 Å². The lowest BCUT2D eigenvalue weighted by Crippen LogP contribution is -2.40. The number of carbonyl (C=O) groups is 1. The molecule has 0 bridgehead atoms. The highest BCUT2D eigenvalue weighted by Crippen LogP contribution is 2.10. The first-order chi connectivity index (χ1) is 6.27. The van der Waals surface area contributed by atoms with E-state index < -0.39 is 0 Å². The second-order valence-electron chi connectivity index (χ2n) is 3.47. The van der Waals surface area contributed by atoms with Gasteiger partial charge >= 0.3 is 0 Å². The smallest absolute Gasteiger partial charge is 0.246 e. The average Bonchev–Trinajstić information content (AvgIpc) is 2.41. The van der Waals surface area contributed by atoms with Crippen LogP contribution in [0.4, 0.5) is 0 Å². The van der Waals surface area contributed by atoms with Gasteiger partial charge in [-0.1, -0.05) is 13.0 Å². The molecule has 1 heterocycles. The van der Waals surface area contributed by atoms with Crippen molar-refractivity contribution in [2.45, 2.75) is 25.3 Å². The summed E-state index contributed by atoms with van der Waals surface area (Å²) in [5.41, 5.74) is 0. The summed E-state index contributed by atoms with van der Waals surface area (Å²) in [6.07, 6.45) is 4.87.